The molecule has 0 saturated heterocycles. The second kappa shape index (κ2) is 4.31. The fourth-order valence-electron chi connectivity index (χ4n) is 0.803. The maximum absolute atomic E-state index is 11.4. The maximum Gasteiger partial charge on any atom is 0.243 e. The van der Waals surface area contributed by atoms with E-state index in [1.807, 2.05) is 0 Å². The van der Waals surface area contributed by atoms with E-state index in [2.05, 4.69) is 20.1 Å². The SMILES string of the molecule is CCNS(=O)(=O)c1cnc(NN)nc1. The highest BCUT2D eigenvalue weighted by Crippen LogP contribution is 2.05. The number of nitrogens with zero attached hydrogens (tertiary/aromatic N) is 2. The number of aromatic nitrogens is 2. The molecular formula is C6H11N5O2S. The van der Waals surface area contributed by atoms with Gasteiger partial charge in [-0.2, -0.15) is 0 Å². The number of hydrogen-bond acceptors (Lipinski definition) is 6. The van der Waals surface area contributed by atoms with E-state index in [0.717, 1.165) is 0 Å². The third kappa shape index (κ3) is 2.37. The number of nitrogen functional groups attached to an aromatic ring is 1. The summed E-state index contributed by atoms with van der Waals surface area (Å²) >= 11 is 0. The first-order valence-corrected chi connectivity index (χ1v) is 5.37. The van der Waals surface area contributed by atoms with Crippen molar-refractivity contribution in [2.75, 3.05) is 12.0 Å². The third-order valence-electron chi connectivity index (χ3n) is 1.40. The van der Waals surface area contributed by atoms with Gasteiger partial charge in [-0.05, 0) is 0 Å². The van der Waals surface area contributed by atoms with Gasteiger partial charge >= 0.3 is 0 Å². The first-order chi connectivity index (χ1) is 6.60. The number of rotatable bonds is 4. The summed E-state index contributed by atoms with van der Waals surface area (Å²) in [6.45, 7) is 2.01. The summed E-state index contributed by atoms with van der Waals surface area (Å²) in [6, 6.07) is 0. The van der Waals surface area contributed by atoms with Crippen LogP contribution in [0.5, 0.6) is 0 Å². The molecule has 0 spiro atoms. The molecule has 1 heterocycles. The molecule has 0 amide bonds. The van der Waals surface area contributed by atoms with Crippen molar-refractivity contribution in [1.29, 1.82) is 0 Å². The minimum Gasteiger partial charge on any atom is -0.292 e. The average Bonchev–Trinajstić information content (AvgIpc) is 2.18. The smallest absolute Gasteiger partial charge is 0.243 e. The Labute approximate surface area is 81.8 Å². The largest absolute Gasteiger partial charge is 0.292 e. The molecular weight excluding hydrogens is 206 g/mol. The molecule has 1 rings (SSSR count). The lowest BCUT2D eigenvalue weighted by molar-refractivity contribution is 0.583. The molecule has 1 aromatic heterocycles. The average molecular weight is 217 g/mol. The number of hydrogen-bond donors (Lipinski definition) is 3. The Morgan fingerprint density at radius 1 is 1.43 bits per heavy atom. The van der Waals surface area contributed by atoms with E-state index in [0.29, 0.717) is 6.54 Å². The van der Waals surface area contributed by atoms with Crippen molar-refractivity contribution < 1.29 is 8.42 Å². The molecule has 0 fully saturated rings. The van der Waals surface area contributed by atoms with Crippen LogP contribution in [0.25, 0.3) is 0 Å². The molecule has 0 atom stereocenters. The topological polar surface area (TPSA) is 110 Å². The summed E-state index contributed by atoms with van der Waals surface area (Å²) in [5.41, 5.74) is 2.20. The van der Waals surface area contributed by atoms with Gasteiger partial charge in [-0.3, -0.25) is 5.43 Å². The number of nitrogens with two attached hydrogens (primary N) is 1. The van der Waals surface area contributed by atoms with Crippen LogP contribution in [0, 0.1) is 0 Å². The van der Waals surface area contributed by atoms with E-state index >= 15 is 0 Å². The summed E-state index contributed by atoms with van der Waals surface area (Å²) in [6.07, 6.45) is 2.36. The second-order valence-electron chi connectivity index (χ2n) is 2.39. The summed E-state index contributed by atoms with van der Waals surface area (Å²) in [5, 5.41) is 0. The first-order valence-electron chi connectivity index (χ1n) is 3.88. The quantitative estimate of drug-likeness (QED) is 0.443. The molecule has 4 N–H and O–H groups in total. The summed E-state index contributed by atoms with van der Waals surface area (Å²) in [7, 11) is -3.48. The van der Waals surface area contributed by atoms with E-state index in [1.54, 1.807) is 6.92 Å². The van der Waals surface area contributed by atoms with Crippen LogP contribution in [-0.4, -0.2) is 24.9 Å². The zero-order valence-electron chi connectivity index (χ0n) is 7.56. The van der Waals surface area contributed by atoms with Gasteiger partial charge < -0.3 is 0 Å². The Morgan fingerprint density at radius 2 is 2.00 bits per heavy atom. The fourth-order valence-corrected chi connectivity index (χ4v) is 1.73. The van der Waals surface area contributed by atoms with Gasteiger partial charge in [0.05, 0.1) is 12.4 Å². The van der Waals surface area contributed by atoms with Crippen LogP contribution in [0.3, 0.4) is 0 Å². The first kappa shape index (κ1) is 10.8. The predicted molar refractivity (Wildman–Crippen MR) is 50.7 cm³/mol. The third-order valence-corrected chi connectivity index (χ3v) is 2.90. The molecule has 14 heavy (non-hydrogen) atoms. The summed E-state index contributed by atoms with van der Waals surface area (Å²) in [5.74, 6) is 5.19. The van der Waals surface area contributed by atoms with Gasteiger partial charge in [-0.25, -0.2) is 29.0 Å². The van der Waals surface area contributed by atoms with Crippen molar-refractivity contribution in [1.82, 2.24) is 14.7 Å². The zero-order chi connectivity index (χ0) is 10.6. The van der Waals surface area contributed by atoms with Gasteiger partial charge in [0.2, 0.25) is 16.0 Å². The van der Waals surface area contributed by atoms with Crippen molar-refractivity contribution in [2.24, 2.45) is 5.84 Å². The van der Waals surface area contributed by atoms with Gasteiger partial charge in [-0.15, -0.1) is 0 Å². The highest BCUT2D eigenvalue weighted by atomic mass is 32.2. The molecule has 0 unspecified atom stereocenters. The van der Waals surface area contributed by atoms with Crippen molar-refractivity contribution >= 4 is 16.0 Å². The Balaban J connectivity index is 2.97. The van der Waals surface area contributed by atoms with Crippen LogP contribution in [0.1, 0.15) is 6.92 Å². The van der Waals surface area contributed by atoms with Gasteiger partial charge in [0.1, 0.15) is 4.90 Å². The van der Waals surface area contributed by atoms with Crippen molar-refractivity contribution in [2.45, 2.75) is 11.8 Å². The Morgan fingerprint density at radius 3 is 2.43 bits per heavy atom. The van der Waals surface area contributed by atoms with Crippen molar-refractivity contribution in [3.8, 4) is 0 Å². The van der Waals surface area contributed by atoms with Gasteiger partial charge in [-0.1, -0.05) is 6.92 Å². The molecule has 0 bridgehead atoms. The predicted octanol–water partition coefficient (Wildman–Crippen LogP) is -0.940. The van der Waals surface area contributed by atoms with Crippen LogP contribution in [0.2, 0.25) is 0 Å². The fraction of sp³-hybridized carbons (Fsp3) is 0.333. The second-order valence-corrected chi connectivity index (χ2v) is 4.15. The monoisotopic (exact) mass is 217 g/mol. The molecule has 0 aliphatic carbocycles. The molecule has 8 heteroatoms. The Bertz CT molecular complexity index is 387. The van der Waals surface area contributed by atoms with E-state index in [4.69, 9.17) is 5.84 Å². The molecule has 78 valence electrons. The Hall–Kier alpha value is -1.25. The molecule has 1 aromatic rings. The molecule has 7 nitrogen and oxygen atoms in total. The molecule has 0 radical (unpaired) electrons. The number of sulfonamides is 1. The normalized spacial score (nSPS) is 11.3. The van der Waals surface area contributed by atoms with Gasteiger partial charge in [0.25, 0.3) is 0 Å². The highest BCUT2D eigenvalue weighted by Gasteiger charge is 2.13. The summed E-state index contributed by atoms with van der Waals surface area (Å²) in [4.78, 5) is 7.37. The van der Waals surface area contributed by atoms with E-state index in [1.165, 1.54) is 12.4 Å². The molecule has 0 saturated carbocycles. The molecule has 0 aromatic carbocycles. The zero-order valence-corrected chi connectivity index (χ0v) is 8.37. The lowest BCUT2D eigenvalue weighted by Crippen LogP contribution is -2.23. The van der Waals surface area contributed by atoms with E-state index < -0.39 is 10.0 Å². The molecule has 0 aliphatic rings. The molecule has 0 aliphatic heterocycles. The van der Waals surface area contributed by atoms with Crippen LogP contribution in [0.15, 0.2) is 17.3 Å². The van der Waals surface area contributed by atoms with E-state index in [-0.39, 0.29) is 10.8 Å². The standard InChI is InChI=1S/C6H11N5O2S/c1-2-10-14(12,13)5-3-8-6(11-7)9-4-5/h3-4,10H,2,7H2,1H3,(H,8,9,11). The summed E-state index contributed by atoms with van der Waals surface area (Å²) < 4.78 is 25.1. The Kier molecular flexibility index (Phi) is 3.33. The van der Waals surface area contributed by atoms with Gasteiger partial charge in [0, 0.05) is 6.54 Å². The lowest BCUT2D eigenvalue weighted by atomic mass is 10.7. The van der Waals surface area contributed by atoms with E-state index in [9.17, 15) is 8.42 Å². The van der Waals surface area contributed by atoms with Crippen LogP contribution in [-0.2, 0) is 10.0 Å². The highest BCUT2D eigenvalue weighted by molar-refractivity contribution is 7.89. The number of anilines is 1. The van der Waals surface area contributed by atoms with Crippen molar-refractivity contribution in [3.63, 3.8) is 0 Å². The lowest BCUT2D eigenvalue weighted by Gasteiger charge is -2.03. The minimum atomic E-state index is -3.48. The van der Waals surface area contributed by atoms with Crippen molar-refractivity contribution in [3.05, 3.63) is 12.4 Å². The van der Waals surface area contributed by atoms with Crippen LogP contribution in [0.4, 0.5) is 5.95 Å². The number of nitrogens with one attached hydrogen (secondary N) is 2. The maximum atomic E-state index is 11.4. The van der Waals surface area contributed by atoms with Crippen LogP contribution >= 0.6 is 0 Å². The van der Waals surface area contributed by atoms with Gasteiger partial charge in [0.15, 0.2) is 0 Å². The minimum absolute atomic E-state index is 0.0124. The number of hydrazine groups is 1. The van der Waals surface area contributed by atoms with Crippen LogP contribution < -0.4 is 16.0 Å².